The highest BCUT2D eigenvalue weighted by molar-refractivity contribution is 5.17. The molecule has 0 bridgehead atoms. The van der Waals surface area contributed by atoms with Gasteiger partial charge in [0.1, 0.15) is 0 Å². The SMILES string of the molecule is CCn1cc(Oc2ncc(CNC(C)C)cn2)cn1. The quantitative estimate of drug-likeness (QED) is 0.861. The van der Waals surface area contributed by atoms with E-state index in [1.54, 1.807) is 23.3 Å². The molecule has 1 N–H and O–H groups in total. The van der Waals surface area contributed by atoms with E-state index in [4.69, 9.17) is 4.74 Å². The van der Waals surface area contributed by atoms with E-state index in [1.165, 1.54) is 0 Å². The number of hydrogen-bond donors (Lipinski definition) is 1. The molecule has 0 radical (unpaired) electrons. The van der Waals surface area contributed by atoms with Gasteiger partial charge in [-0.2, -0.15) is 5.10 Å². The van der Waals surface area contributed by atoms with Crippen LogP contribution in [0.5, 0.6) is 11.8 Å². The highest BCUT2D eigenvalue weighted by atomic mass is 16.5. The molecule has 0 aromatic carbocycles. The van der Waals surface area contributed by atoms with Crippen molar-refractivity contribution in [3.8, 4) is 11.8 Å². The average molecular weight is 261 g/mol. The highest BCUT2D eigenvalue weighted by Gasteiger charge is 2.03. The Hall–Kier alpha value is -1.95. The molecule has 0 aliphatic carbocycles. The minimum atomic E-state index is 0.337. The van der Waals surface area contributed by atoms with Gasteiger partial charge in [0.25, 0.3) is 0 Å². The van der Waals surface area contributed by atoms with Gasteiger partial charge in [-0.1, -0.05) is 13.8 Å². The van der Waals surface area contributed by atoms with Gasteiger partial charge in [-0.3, -0.25) is 4.68 Å². The number of nitrogens with zero attached hydrogens (tertiary/aromatic N) is 4. The zero-order chi connectivity index (χ0) is 13.7. The highest BCUT2D eigenvalue weighted by Crippen LogP contribution is 2.15. The van der Waals surface area contributed by atoms with Gasteiger partial charge in [-0.15, -0.1) is 0 Å². The first-order valence-corrected chi connectivity index (χ1v) is 6.42. The second-order valence-corrected chi connectivity index (χ2v) is 4.54. The fourth-order valence-electron chi connectivity index (χ4n) is 1.48. The molecule has 0 spiro atoms. The zero-order valence-corrected chi connectivity index (χ0v) is 11.5. The summed E-state index contributed by atoms with van der Waals surface area (Å²) in [7, 11) is 0. The Morgan fingerprint density at radius 3 is 2.58 bits per heavy atom. The lowest BCUT2D eigenvalue weighted by Gasteiger charge is -2.07. The van der Waals surface area contributed by atoms with Crippen molar-refractivity contribution in [3.63, 3.8) is 0 Å². The molecule has 6 heteroatoms. The molecule has 0 aliphatic rings. The van der Waals surface area contributed by atoms with E-state index < -0.39 is 0 Å². The van der Waals surface area contributed by atoms with Crippen LogP contribution in [0.25, 0.3) is 0 Å². The maximum Gasteiger partial charge on any atom is 0.321 e. The molecule has 0 saturated heterocycles. The van der Waals surface area contributed by atoms with E-state index in [-0.39, 0.29) is 0 Å². The summed E-state index contributed by atoms with van der Waals surface area (Å²) in [6.45, 7) is 7.78. The van der Waals surface area contributed by atoms with Crippen molar-refractivity contribution in [3.05, 3.63) is 30.4 Å². The summed E-state index contributed by atoms with van der Waals surface area (Å²) in [5.74, 6) is 0.648. The molecule has 0 atom stereocenters. The molecule has 0 saturated carbocycles. The van der Waals surface area contributed by atoms with Crippen LogP contribution in [0.1, 0.15) is 26.3 Å². The Bertz CT molecular complexity index is 506. The summed E-state index contributed by atoms with van der Waals surface area (Å²) in [6.07, 6.45) is 7.00. The number of hydrogen-bond acceptors (Lipinski definition) is 5. The summed E-state index contributed by atoms with van der Waals surface area (Å²) in [5.41, 5.74) is 1.03. The van der Waals surface area contributed by atoms with Crippen molar-refractivity contribution < 1.29 is 4.74 Å². The third-order valence-corrected chi connectivity index (χ3v) is 2.54. The lowest BCUT2D eigenvalue weighted by atomic mass is 10.3. The average Bonchev–Trinajstić information content (AvgIpc) is 2.85. The molecular weight excluding hydrogens is 242 g/mol. The number of aromatic nitrogens is 4. The van der Waals surface area contributed by atoms with E-state index in [2.05, 4.69) is 34.2 Å². The van der Waals surface area contributed by atoms with Crippen molar-refractivity contribution in [2.75, 3.05) is 0 Å². The van der Waals surface area contributed by atoms with Gasteiger partial charge >= 0.3 is 6.01 Å². The van der Waals surface area contributed by atoms with Gasteiger partial charge in [-0.25, -0.2) is 9.97 Å². The van der Waals surface area contributed by atoms with Gasteiger partial charge in [0.15, 0.2) is 5.75 Å². The number of ether oxygens (including phenoxy) is 1. The molecule has 0 fully saturated rings. The predicted molar refractivity (Wildman–Crippen MR) is 72.0 cm³/mol. The number of nitrogens with one attached hydrogen (secondary N) is 1. The van der Waals surface area contributed by atoms with Crippen molar-refractivity contribution in [2.24, 2.45) is 0 Å². The molecule has 2 rings (SSSR count). The molecule has 6 nitrogen and oxygen atoms in total. The fourth-order valence-corrected chi connectivity index (χ4v) is 1.48. The predicted octanol–water partition coefficient (Wildman–Crippen LogP) is 1.98. The first-order valence-electron chi connectivity index (χ1n) is 6.42. The van der Waals surface area contributed by atoms with Crippen LogP contribution in [-0.4, -0.2) is 25.8 Å². The van der Waals surface area contributed by atoms with Gasteiger partial charge in [0.2, 0.25) is 0 Å². The third kappa shape index (κ3) is 4.03. The maximum absolute atomic E-state index is 5.52. The Kier molecular flexibility index (Phi) is 4.46. The molecule has 0 unspecified atom stereocenters. The Balaban J connectivity index is 1.94. The van der Waals surface area contributed by atoms with E-state index in [0.717, 1.165) is 18.7 Å². The Morgan fingerprint density at radius 1 is 1.26 bits per heavy atom. The second kappa shape index (κ2) is 6.29. The Labute approximate surface area is 112 Å². The van der Waals surface area contributed by atoms with E-state index in [9.17, 15) is 0 Å². The number of rotatable bonds is 6. The van der Waals surface area contributed by atoms with Crippen LogP contribution >= 0.6 is 0 Å². The molecule has 0 amide bonds. The van der Waals surface area contributed by atoms with Gasteiger partial charge in [-0.05, 0) is 6.92 Å². The van der Waals surface area contributed by atoms with Crippen molar-refractivity contribution in [1.29, 1.82) is 0 Å². The van der Waals surface area contributed by atoms with Crippen LogP contribution in [0.3, 0.4) is 0 Å². The van der Waals surface area contributed by atoms with Crippen LogP contribution in [-0.2, 0) is 13.1 Å². The standard InChI is InChI=1S/C13H19N5O/c1-4-18-9-12(8-17-18)19-13-15-6-11(7-16-13)5-14-10(2)3/h6-10,14H,4-5H2,1-3H3. The fraction of sp³-hybridized carbons (Fsp3) is 0.462. The van der Waals surface area contributed by atoms with Crippen molar-refractivity contribution in [1.82, 2.24) is 25.1 Å². The monoisotopic (exact) mass is 261 g/mol. The van der Waals surface area contributed by atoms with Crippen LogP contribution in [0, 0.1) is 0 Å². The van der Waals surface area contributed by atoms with Crippen LogP contribution in [0.15, 0.2) is 24.8 Å². The van der Waals surface area contributed by atoms with Gasteiger partial charge < -0.3 is 10.1 Å². The summed E-state index contributed by atoms with van der Waals surface area (Å²) in [5, 5.41) is 7.43. The summed E-state index contributed by atoms with van der Waals surface area (Å²) >= 11 is 0. The third-order valence-electron chi connectivity index (χ3n) is 2.54. The molecular formula is C13H19N5O. The minimum absolute atomic E-state index is 0.337. The molecule has 2 heterocycles. The minimum Gasteiger partial charge on any atom is -0.421 e. The summed E-state index contributed by atoms with van der Waals surface area (Å²) < 4.78 is 7.30. The molecule has 19 heavy (non-hydrogen) atoms. The Morgan fingerprint density at radius 2 is 2.00 bits per heavy atom. The van der Waals surface area contributed by atoms with E-state index in [0.29, 0.717) is 17.8 Å². The normalized spacial score (nSPS) is 10.9. The topological polar surface area (TPSA) is 64.9 Å². The van der Waals surface area contributed by atoms with E-state index >= 15 is 0 Å². The van der Waals surface area contributed by atoms with Crippen LogP contribution in [0.4, 0.5) is 0 Å². The molecule has 2 aromatic rings. The first-order chi connectivity index (χ1) is 9.17. The molecule has 102 valence electrons. The lowest BCUT2D eigenvalue weighted by molar-refractivity contribution is 0.439. The lowest BCUT2D eigenvalue weighted by Crippen LogP contribution is -2.21. The zero-order valence-electron chi connectivity index (χ0n) is 11.5. The maximum atomic E-state index is 5.52. The first kappa shape index (κ1) is 13.5. The van der Waals surface area contributed by atoms with Crippen LogP contribution < -0.4 is 10.1 Å². The smallest absolute Gasteiger partial charge is 0.321 e. The van der Waals surface area contributed by atoms with Gasteiger partial charge in [0, 0.05) is 37.1 Å². The summed E-state index contributed by atoms with van der Waals surface area (Å²) in [4.78, 5) is 8.35. The van der Waals surface area contributed by atoms with Crippen LogP contribution in [0.2, 0.25) is 0 Å². The molecule has 0 aliphatic heterocycles. The number of aryl methyl sites for hydroxylation is 1. The largest absolute Gasteiger partial charge is 0.421 e. The van der Waals surface area contributed by atoms with E-state index in [1.807, 2.05) is 13.1 Å². The summed E-state index contributed by atoms with van der Waals surface area (Å²) in [6, 6.07) is 0.778. The van der Waals surface area contributed by atoms with Crippen molar-refractivity contribution >= 4 is 0 Å². The van der Waals surface area contributed by atoms with Crippen molar-refractivity contribution in [2.45, 2.75) is 39.9 Å². The van der Waals surface area contributed by atoms with Gasteiger partial charge in [0.05, 0.1) is 12.4 Å². The molecule has 2 aromatic heterocycles. The second-order valence-electron chi connectivity index (χ2n) is 4.54.